The Morgan fingerprint density at radius 1 is 0.950 bits per heavy atom. The quantitative estimate of drug-likeness (QED) is 0.311. The highest BCUT2D eigenvalue weighted by atomic mass is 79.9. The van der Waals surface area contributed by atoms with E-state index in [9.17, 15) is 18.0 Å². The molecular formula is C31H36BrN3O4S. The van der Waals surface area contributed by atoms with Crippen molar-refractivity contribution in [3.05, 3.63) is 94.0 Å². The summed E-state index contributed by atoms with van der Waals surface area (Å²) in [5, 5.41) is 3.09. The highest BCUT2D eigenvalue weighted by Gasteiger charge is 2.33. The van der Waals surface area contributed by atoms with Gasteiger partial charge in [-0.2, -0.15) is 0 Å². The maximum absolute atomic E-state index is 14.1. The van der Waals surface area contributed by atoms with Crippen LogP contribution in [0.1, 0.15) is 49.3 Å². The van der Waals surface area contributed by atoms with Crippen molar-refractivity contribution < 1.29 is 18.0 Å². The maximum atomic E-state index is 14.1. The van der Waals surface area contributed by atoms with Gasteiger partial charge in [0.1, 0.15) is 12.6 Å². The summed E-state index contributed by atoms with van der Waals surface area (Å²) < 4.78 is 30.0. The number of carbonyl (C=O) groups excluding carboxylic acids is 2. The summed E-state index contributed by atoms with van der Waals surface area (Å²) in [6, 6.07) is 20.5. The summed E-state index contributed by atoms with van der Waals surface area (Å²) in [6.07, 6.45) is 4.00. The maximum Gasteiger partial charge on any atom is 0.264 e. The zero-order valence-corrected chi connectivity index (χ0v) is 25.5. The van der Waals surface area contributed by atoms with Crippen LogP contribution >= 0.6 is 15.9 Å². The molecule has 0 bridgehead atoms. The first kappa shape index (κ1) is 29.8. The number of amides is 2. The third-order valence-corrected chi connectivity index (χ3v) is 9.71. The monoisotopic (exact) mass is 625 g/mol. The first-order chi connectivity index (χ1) is 19.1. The van der Waals surface area contributed by atoms with E-state index in [1.807, 2.05) is 50.2 Å². The van der Waals surface area contributed by atoms with E-state index >= 15 is 0 Å². The van der Waals surface area contributed by atoms with Crippen LogP contribution in [0.15, 0.2) is 82.2 Å². The van der Waals surface area contributed by atoms with Crippen molar-refractivity contribution in [1.29, 1.82) is 0 Å². The molecule has 40 heavy (non-hydrogen) atoms. The smallest absolute Gasteiger partial charge is 0.264 e. The number of para-hydroxylation sites is 1. The number of carbonyl (C=O) groups is 2. The topological polar surface area (TPSA) is 86.8 Å². The van der Waals surface area contributed by atoms with Gasteiger partial charge >= 0.3 is 0 Å². The van der Waals surface area contributed by atoms with Crippen molar-refractivity contribution in [3.63, 3.8) is 0 Å². The molecule has 1 fully saturated rings. The predicted octanol–water partition coefficient (Wildman–Crippen LogP) is 5.74. The number of nitrogens with zero attached hydrogens (tertiary/aromatic N) is 2. The number of hydrogen-bond donors (Lipinski definition) is 1. The van der Waals surface area contributed by atoms with Gasteiger partial charge < -0.3 is 10.2 Å². The number of aryl methyl sites for hydroxylation is 2. The molecule has 2 amide bonds. The van der Waals surface area contributed by atoms with Crippen LogP contribution in [-0.2, 0) is 26.2 Å². The van der Waals surface area contributed by atoms with Gasteiger partial charge in [-0.3, -0.25) is 13.9 Å². The van der Waals surface area contributed by atoms with Crippen molar-refractivity contribution in [2.45, 2.75) is 70.0 Å². The zero-order valence-electron chi connectivity index (χ0n) is 23.1. The van der Waals surface area contributed by atoms with Gasteiger partial charge in [-0.1, -0.05) is 76.8 Å². The van der Waals surface area contributed by atoms with E-state index in [4.69, 9.17) is 0 Å². The van der Waals surface area contributed by atoms with E-state index in [1.165, 1.54) is 4.90 Å². The normalized spacial score (nSPS) is 14.5. The van der Waals surface area contributed by atoms with E-state index in [0.29, 0.717) is 5.69 Å². The Morgan fingerprint density at radius 2 is 1.57 bits per heavy atom. The fraction of sp³-hybridized carbons (Fsp3) is 0.355. The number of hydrogen-bond acceptors (Lipinski definition) is 4. The van der Waals surface area contributed by atoms with Crippen molar-refractivity contribution in [2.24, 2.45) is 0 Å². The minimum atomic E-state index is -4.09. The molecule has 0 aromatic heterocycles. The van der Waals surface area contributed by atoms with Crippen molar-refractivity contribution >= 4 is 43.5 Å². The van der Waals surface area contributed by atoms with Gasteiger partial charge in [0, 0.05) is 17.1 Å². The molecule has 1 N–H and O–H groups in total. The lowest BCUT2D eigenvalue weighted by Crippen LogP contribution is -2.52. The number of anilines is 1. The first-order valence-corrected chi connectivity index (χ1v) is 15.8. The molecule has 9 heteroatoms. The second-order valence-corrected chi connectivity index (χ2v) is 13.2. The summed E-state index contributed by atoms with van der Waals surface area (Å²) >= 11 is 3.44. The molecule has 1 atom stereocenters. The highest BCUT2D eigenvalue weighted by Crippen LogP contribution is 2.28. The van der Waals surface area contributed by atoms with Gasteiger partial charge in [0.05, 0.1) is 10.6 Å². The molecule has 1 aliphatic rings. The summed E-state index contributed by atoms with van der Waals surface area (Å²) in [4.78, 5) is 28.9. The summed E-state index contributed by atoms with van der Waals surface area (Å²) in [7, 11) is -4.09. The lowest BCUT2D eigenvalue weighted by Gasteiger charge is -2.33. The van der Waals surface area contributed by atoms with E-state index in [2.05, 4.69) is 21.2 Å². The van der Waals surface area contributed by atoms with Crippen LogP contribution < -0.4 is 9.62 Å². The molecule has 0 heterocycles. The van der Waals surface area contributed by atoms with Crippen LogP contribution in [-0.4, -0.2) is 43.8 Å². The minimum Gasteiger partial charge on any atom is -0.352 e. The molecule has 7 nitrogen and oxygen atoms in total. The number of sulfonamides is 1. The Morgan fingerprint density at radius 3 is 2.20 bits per heavy atom. The van der Waals surface area contributed by atoms with Crippen LogP contribution in [0.2, 0.25) is 0 Å². The molecule has 3 aromatic rings. The Balaban J connectivity index is 1.69. The van der Waals surface area contributed by atoms with Gasteiger partial charge in [0.25, 0.3) is 10.0 Å². The third-order valence-electron chi connectivity index (χ3n) is 7.41. The van der Waals surface area contributed by atoms with Gasteiger partial charge in [-0.25, -0.2) is 8.42 Å². The van der Waals surface area contributed by atoms with Crippen molar-refractivity contribution in [1.82, 2.24) is 10.2 Å². The van der Waals surface area contributed by atoms with Crippen molar-refractivity contribution in [2.75, 3.05) is 10.8 Å². The lowest BCUT2D eigenvalue weighted by molar-refractivity contribution is -0.139. The van der Waals surface area contributed by atoms with E-state index in [1.54, 1.807) is 43.3 Å². The Hall–Kier alpha value is -3.17. The van der Waals surface area contributed by atoms with Crippen LogP contribution in [0.25, 0.3) is 0 Å². The molecule has 0 aliphatic heterocycles. The second kappa shape index (κ2) is 13.0. The third kappa shape index (κ3) is 7.12. The average Bonchev–Trinajstić information content (AvgIpc) is 3.44. The molecule has 1 unspecified atom stereocenters. The van der Waals surface area contributed by atoms with E-state index in [0.717, 1.165) is 51.2 Å². The molecule has 0 radical (unpaired) electrons. The van der Waals surface area contributed by atoms with Gasteiger partial charge in [0.15, 0.2) is 0 Å². The fourth-order valence-corrected chi connectivity index (χ4v) is 6.70. The molecule has 0 saturated heterocycles. The average molecular weight is 627 g/mol. The van der Waals surface area contributed by atoms with Crippen molar-refractivity contribution in [3.8, 4) is 0 Å². The van der Waals surface area contributed by atoms with E-state index in [-0.39, 0.29) is 23.4 Å². The number of benzene rings is 3. The highest BCUT2D eigenvalue weighted by molar-refractivity contribution is 9.10. The minimum absolute atomic E-state index is 0.0978. The molecule has 3 aromatic carbocycles. The Kier molecular flexibility index (Phi) is 9.68. The first-order valence-electron chi connectivity index (χ1n) is 13.6. The summed E-state index contributed by atoms with van der Waals surface area (Å²) in [5.41, 5.74) is 2.90. The summed E-state index contributed by atoms with van der Waals surface area (Å²) in [5.74, 6) is -0.697. The number of halogens is 1. The SMILES string of the molecule is Cc1ccc(S(=O)(=O)N(CC(=O)N(Cc2ccc(Br)cc2)C(C)C(=O)NC2CCCC2)c2ccccc2C)cc1. The molecule has 0 spiro atoms. The number of rotatable bonds is 10. The van der Waals surface area contributed by atoms with Crippen LogP contribution in [0.5, 0.6) is 0 Å². The fourth-order valence-electron chi connectivity index (χ4n) is 4.96. The molecule has 212 valence electrons. The lowest BCUT2D eigenvalue weighted by atomic mass is 10.1. The number of nitrogens with one attached hydrogen (secondary N) is 1. The molecule has 4 rings (SSSR count). The molecule has 1 saturated carbocycles. The van der Waals surface area contributed by atoms with Crippen LogP contribution in [0.4, 0.5) is 5.69 Å². The standard InChI is InChI=1S/C31H36BrN3O4S/c1-22-12-18-28(19-13-22)40(38,39)35(29-11-7-4-8-23(29)2)21-30(36)34(20-25-14-16-26(32)17-15-25)24(3)31(37)33-27-9-5-6-10-27/h4,7-8,11-19,24,27H,5-6,9-10,20-21H2,1-3H3,(H,33,37). The largest absolute Gasteiger partial charge is 0.352 e. The van der Waals surface area contributed by atoms with E-state index < -0.39 is 28.5 Å². The molecular weight excluding hydrogens is 590 g/mol. The molecule has 1 aliphatic carbocycles. The Labute approximate surface area is 245 Å². The predicted molar refractivity (Wildman–Crippen MR) is 161 cm³/mol. The van der Waals surface area contributed by atoms with Gasteiger partial charge in [-0.05, 0) is 75.1 Å². The summed E-state index contributed by atoms with van der Waals surface area (Å²) in [6.45, 7) is 5.12. The van der Waals surface area contributed by atoms with Gasteiger partial charge in [0.2, 0.25) is 11.8 Å². The Bertz CT molecular complexity index is 1440. The van der Waals surface area contributed by atoms with Crippen LogP contribution in [0.3, 0.4) is 0 Å². The van der Waals surface area contributed by atoms with Gasteiger partial charge in [-0.15, -0.1) is 0 Å². The second-order valence-electron chi connectivity index (χ2n) is 10.4. The van der Waals surface area contributed by atoms with Crippen LogP contribution in [0, 0.1) is 13.8 Å². The zero-order chi connectivity index (χ0) is 28.9.